The van der Waals surface area contributed by atoms with E-state index >= 15 is 0 Å². The summed E-state index contributed by atoms with van der Waals surface area (Å²) in [5, 5.41) is 9.80. The van der Waals surface area contributed by atoms with Crippen LogP contribution in [0, 0.1) is 0 Å². The topological polar surface area (TPSA) is 53.2 Å². The molecule has 114 valence electrons. The molecule has 21 heavy (non-hydrogen) atoms. The summed E-state index contributed by atoms with van der Waals surface area (Å²) in [7, 11) is 0. The lowest BCUT2D eigenvalue weighted by atomic mass is 9.68. The smallest absolute Gasteiger partial charge is 0.315 e. The Labute approximate surface area is 126 Å². The highest BCUT2D eigenvalue weighted by Gasteiger charge is 2.46. The Morgan fingerprint density at radius 3 is 2.67 bits per heavy atom. The summed E-state index contributed by atoms with van der Waals surface area (Å²) >= 11 is 0. The lowest BCUT2D eigenvalue weighted by Crippen LogP contribution is -2.56. The predicted octanol–water partition coefficient (Wildman–Crippen LogP) is 2.40. The fourth-order valence-corrected chi connectivity index (χ4v) is 3.92. The first-order chi connectivity index (χ1) is 10.2. The molecular formula is C17H25N3O. The molecule has 0 aromatic heterocycles. The molecule has 0 aromatic carbocycles. The molecule has 2 fully saturated rings. The zero-order valence-electron chi connectivity index (χ0n) is 12.7. The lowest BCUT2D eigenvalue weighted by molar-refractivity contribution is 0.183. The average Bonchev–Trinajstić information content (AvgIpc) is 2.70. The highest BCUT2D eigenvalue weighted by Crippen LogP contribution is 2.41. The van der Waals surface area contributed by atoms with Gasteiger partial charge in [0.15, 0.2) is 0 Å². The van der Waals surface area contributed by atoms with Crippen molar-refractivity contribution in [2.24, 2.45) is 0 Å². The first kappa shape index (κ1) is 14.4. The van der Waals surface area contributed by atoms with Gasteiger partial charge in [-0.2, -0.15) is 0 Å². The van der Waals surface area contributed by atoms with Gasteiger partial charge in [-0.25, -0.2) is 4.79 Å². The van der Waals surface area contributed by atoms with E-state index in [1.165, 1.54) is 5.57 Å². The summed E-state index contributed by atoms with van der Waals surface area (Å²) in [6.45, 7) is 3.92. The fourth-order valence-electron chi connectivity index (χ4n) is 3.92. The molecule has 0 bridgehead atoms. The van der Waals surface area contributed by atoms with E-state index in [0.29, 0.717) is 0 Å². The third kappa shape index (κ3) is 2.77. The van der Waals surface area contributed by atoms with Gasteiger partial charge in [0.05, 0.1) is 5.54 Å². The molecule has 2 aliphatic carbocycles. The number of hydrogen-bond donors (Lipinski definition) is 3. The average molecular weight is 287 g/mol. The van der Waals surface area contributed by atoms with Crippen LogP contribution < -0.4 is 16.0 Å². The summed E-state index contributed by atoms with van der Waals surface area (Å²) in [6.07, 6.45) is 16.1. The summed E-state index contributed by atoms with van der Waals surface area (Å²) in [6, 6.07) is -0.00880. The molecule has 4 nitrogen and oxygen atoms in total. The van der Waals surface area contributed by atoms with Crippen LogP contribution >= 0.6 is 0 Å². The van der Waals surface area contributed by atoms with E-state index in [1.54, 1.807) is 0 Å². The molecule has 0 aromatic rings. The van der Waals surface area contributed by atoms with Crippen molar-refractivity contribution >= 4 is 6.03 Å². The van der Waals surface area contributed by atoms with E-state index in [0.717, 1.165) is 45.2 Å². The number of nitrogens with one attached hydrogen (secondary N) is 3. The molecule has 4 heteroatoms. The fraction of sp³-hybridized carbons (Fsp3) is 0.588. The number of allylic oxidation sites excluding steroid dienone is 5. The van der Waals surface area contributed by atoms with Gasteiger partial charge < -0.3 is 16.0 Å². The molecule has 1 saturated heterocycles. The molecule has 1 saturated carbocycles. The molecule has 1 spiro atoms. The van der Waals surface area contributed by atoms with Gasteiger partial charge in [0.1, 0.15) is 0 Å². The van der Waals surface area contributed by atoms with Crippen LogP contribution in [0.15, 0.2) is 36.0 Å². The number of hydrogen-bond acceptors (Lipinski definition) is 2. The largest absolute Gasteiger partial charge is 0.336 e. The number of urea groups is 1. The number of rotatable bonds is 3. The molecule has 0 unspecified atom stereocenters. The SMILES string of the molecule is CCNC1(C2=CC=CC=CC2)CCC2(CC1)CNC(=O)N2. The molecule has 2 amide bonds. The zero-order chi connectivity index (χ0) is 14.8. The molecule has 0 radical (unpaired) electrons. The molecular weight excluding hydrogens is 262 g/mol. The Morgan fingerprint density at radius 1 is 1.19 bits per heavy atom. The van der Waals surface area contributed by atoms with Crippen molar-refractivity contribution in [1.82, 2.24) is 16.0 Å². The van der Waals surface area contributed by atoms with Gasteiger partial charge in [-0.1, -0.05) is 37.3 Å². The van der Waals surface area contributed by atoms with Crippen molar-refractivity contribution in [3.63, 3.8) is 0 Å². The molecule has 1 aliphatic heterocycles. The lowest BCUT2D eigenvalue weighted by Gasteiger charge is -2.46. The Bertz CT molecular complexity index is 496. The van der Waals surface area contributed by atoms with Gasteiger partial charge in [-0.05, 0) is 44.2 Å². The van der Waals surface area contributed by atoms with Crippen molar-refractivity contribution in [2.45, 2.75) is 50.1 Å². The highest BCUT2D eigenvalue weighted by molar-refractivity contribution is 5.77. The summed E-state index contributed by atoms with van der Waals surface area (Å²) in [4.78, 5) is 11.5. The highest BCUT2D eigenvalue weighted by atomic mass is 16.2. The monoisotopic (exact) mass is 287 g/mol. The van der Waals surface area contributed by atoms with Gasteiger partial charge in [0, 0.05) is 12.1 Å². The van der Waals surface area contributed by atoms with Crippen molar-refractivity contribution < 1.29 is 4.79 Å². The second kappa shape index (κ2) is 5.68. The van der Waals surface area contributed by atoms with Crippen LogP contribution in [0.25, 0.3) is 0 Å². The Balaban J connectivity index is 1.78. The standard InChI is InChI=1S/C17H25N3O/c1-2-19-17(14-7-5-3-4-6-8-14)11-9-16(10-12-17)13-18-15(21)20-16/h3-7,19H,2,8-13H2,1H3,(H2,18,20,21). The predicted molar refractivity (Wildman–Crippen MR) is 85.1 cm³/mol. The van der Waals surface area contributed by atoms with Crippen molar-refractivity contribution in [3.05, 3.63) is 36.0 Å². The maximum absolute atomic E-state index is 11.5. The van der Waals surface area contributed by atoms with Gasteiger partial charge in [0.25, 0.3) is 0 Å². The van der Waals surface area contributed by atoms with Gasteiger partial charge >= 0.3 is 6.03 Å². The molecule has 1 heterocycles. The minimum atomic E-state index is -0.0209. The van der Waals surface area contributed by atoms with E-state index in [-0.39, 0.29) is 17.1 Å². The van der Waals surface area contributed by atoms with E-state index in [1.807, 2.05) is 0 Å². The maximum atomic E-state index is 11.5. The molecule has 3 N–H and O–H groups in total. The van der Waals surface area contributed by atoms with Crippen LogP contribution in [0.4, 0.5) is 4.79 Å². The van der Waals surface area contributed by atoms with E-state index in [4.69, 9.17) is 0 Å². The normalized spacial score (nSPS) is 35.3. The minimum Gasteiger partial charge on any atom is -0.336 e. The third-order valence-electron chi connectivity index (χ3n) is 5.15. The van der Waals surface area contributed by atoms with E-state index in [2.05, 4.69) is 53.3 Å². The van der Waals surface area contributed by atoms with Crippen LogP contribution in [0.5, 0.6) is 0 Å². The minimum absolute atomic E-state index is 0.00880. The first-order valence-corrected chi connectivity index (χ1v) is 8.02. The second-order valence-electron chi connectivity index (χ2n) is 6.41. The Hall–Kier alpha value is -1.55. The number of amides is 2. The Kier molecular flexibility index (Phi) is 3.89. The van der Waals surface area contributed by atoms with Crippen LogP contribution in [0.1, 0.15) is 39.0 Å². The zero-order valence-corrected chi connectivity index (χ0v) is 12.7. The molecule has 0 atom stereocenters. The quantitative estimate of drug-likeness (QED) is 0.746. The number of likely N-dealkylation sites (N-methyl/N-ethyl adjacent to an activating group) is 1. The van der Waals surface area contributed by atoms with Crippen LogP contribution in [0.3, 0.4) is 0 Å². The summed E-state index contributed by atoms with van der Waals surface area (Å²) in [5.74, 6) is 0. The first-order valence-electron chi connectivity index (χ1n) is 8.02. The van der Waals surface area contributed by atoms with Crippen molar-refractivity contribution in [3.8, 4) is 0 Å². The van der Waals surface area contributed by atoms with Crippen molar-refractivity contribution in [2.75, 3.05) is 13.1 Å². The van der Waals surface area contributed by atoms with Crippen LogP contribution in [0.2, 0.25) is 0 Å². The maximum Gasteiger partial charge on any atom is 0.315 e. The number of carbonyl (C=O) groups is 1. The van der Waals surface area contributed by atoms with E-state index in [9.17, 15) is 4.79 Å². The second-order valence-corrected chi connectivity index (χ2v) is 6.41. The van der Waals surface area contributed by atoms with Gasteiger partial charge in [0.2, 0.25) is 0 Å². The van der Waals surface area contributed by atoms with Gasteiger partial charge in [-0.15, -0.1) is 0 Å². The summed E-state index contributed by atoms with van der Waals surface area (Å²) in [5.41, 5.74) is 1.54. The van der Waals surface area contributed by atoms with Crippen LogP contribution in [-0.4, -0.2) is 30.2 Å². The molecule has 3 rings (SSSR count). The third-order valence-corrected chi connectivity index (χ3v) is 5.15. The number of carbonyl (C=O) groups excluding carboxylic acids is 1. The Morgan fingerprint density at radius 2 is 2.00 bits per heavy atom. The van der Waals surface area contributed by atoms with Crippen LogP contribution in [-0.2, 0) is 0 Å². The van der Waals surface area contributed by atoms with Crippen molar-refractivity contribution in [1.29, 1.82) is 0 Å². The molecule has 3 aliphatic rings. The van der Waals surface area contributed by atoms with Gasteiger partial charge in [-0.3, -0.25) is 0 Å². The summed E-state index contributed by atoms with van der Waals surface area (Å²) < 4.78 is 0. The van der Waals surface area contributed by atoms with E-state index < -0.39 is 0 Å².